The molecular formula is C17H22N2O5. The molecule has 1 aliphatic carbocycles. The number of Topliss-reactive ketones (excluding diaryl/α,β-unsaturated/α-hetero) is 1. The van der Waals surface area contributed by atoms with Gasteiger partial charge in [0.2, 0.25) is 0 Å². The number of ether oxygens (including phenoxy) is 1. The van der Waals surface area contributed by atoms with Crippen molar-refractivity contribution in [2.75, 3.05) is 0 Å². The molecule has 0 saturated heterocycles. The van der Waals surface area contributed by atoms with Crippen molar-refractivity contribution in [3.63, 3.8) is 0 Å². The molecule has 0 aliphatic heterocycles. The molecule has 0 unspecified atom stereocenters. The number of amides is 2. The maximum Gasteiger partial charge on any atom is 0.407 e. The number of alkyl carbamates (subject to hydrolysis) is 1. The van der Waals surface area contributed by atoms with E-state index in [1.54, 1.807) is 0 Å². The van der Waals surface area contributed by atoms with Gasteiger partial charge in [0.1, 0.15) is 12.4 Å². The quantitative estimate of drug-likeness (QED) is 0.766. The SMILES string of the molecule is CC(=O)[C@@H]1C[C@H](NC(=O)O)CC[C@@H]1NC(=O)OCc1ccccc1. The summed E-state index contributed by atoms with van der Waals surface area (Å²) in [6.07, 6.45) is -0.198. The zero-order valence-electron chi connectivity index (χ0n) is 13.5. The van der Waals surface area contributed by atoms with Crippen molar-refractivity contribution in [1.82, 2.24) is 10.6 Å². The molecule has 0 bridgehead atoms. The molecule has 0 aromatic heterocycles. The van der Waals surface area contributed by atoms with E-state index in [1.165, 1.54) is 6.92 Å². The average Bonchev–Trinajstić information content (AvgIpc) is 2.54. The Morgan fingerprint density at radius 1 is 1.17 bits per heavy atom. The van der Waals surface area contributed by atoms with Crippen LogP contribution in [0.1, 0.15) is 31.7 Å². The van der Waals surface area contributed by atoms with Gasteiger partial charge >= 0.3 is 12.2 Å². The number of nitrogens with one attached hydrogen (secondary N) is 2. The molecule has 2 amide bonds. The van der Waals surface area contributed by atoms with Gasteiger partial charge in [-0.2, -0.15) is 0 Å². The summed E-state index contributed by atoms with van der Waals surface area (Å²) in [6, 6.07) is 8.71. The maximum atomic E-state index is 12.0. The summed E-state index contributed by atoms with van der Waals surface area (Å²) in [5.41, 5.74) is 0.880. The van der Waals surface area contributed by atoms with Gasteiger partial charge in [0.05, 0.1) is 0 Å². The van der Waals surface area contributed by atoms with Crippen LogP contribution in [0.25, 0.3) is 0 Å². The second kappa shape index (κ2) is 8.33. The number of hydrogen-bond acceptors (Lipinski definition) is 4. The molecule has 3 N–H and O–H groups in total. The van der Waals surface area contributed by atoms with Crippen molar-refractivity contribution in [1.29, 1.82) is 0 Å². The molecule has 24 heavy (non-hydrogen) atoms. The number of hydrogen-bond donors (Lipinski definition) is 3. The van der Waals surface area contributed by atoms with Crippen LogP contribution in [-0.4, -0.2) is 35.2 Å². The molecule has 7 heteroatoms. The standard InChI is InChI=1S/C17H22N2O5/c1-11(20)14-9-13(18-16(21)22)7-8-15(14)19-17(23)24-10-12-5-3-2-4-6-12/h2-6,13-15,18H,7-10H2,1H3,(H,19,23)(H,21,22)/t13-,14+,15+/m1/s1. The number of carboxylic acid groups (broad SMARTS) is 1. The van der Waals surface area contributed by atoms with Gasteiger partial charge in [-0.1, -0.05) is 30.3 Å². The Hall–Kier alpha value is -2.57. The highest BCUT2D eigenvalue weighted by molar-refractivity contribution is 5.80. The Labute approximate surface area is 140 Å². The predicted octanol–water partition coefficient (Wildman–Crippen LogP) is 2.31. The molecule has 7 nitrogen and oxygen atoms in total. The van der Waals surface area contributed by atoms with Gasteiger partial charge in [0.15, 0.2) is 0 Å². The molecule has 0 heterocycles. The summed E-state index contributed by atoms with van der Waals surface area (Å²) in [5, 5.41) is 13.9. The van der Waals surface area contributed by atoms with Crippen LogP contribution in [0.3, 0.4) is 0 Å². The lowest BCUT2D eigenvalue weighted by Gasteiger charge is -2.34. The van der Waals surface area contributed by atoms with Crippen LogP contribution in [0.2, 0.25) is 0 Å². The van der Waals surface area contributed by atoms with Gasteiger partial charge < -0.3 is 20.5 Å². The third-order valence-electron chi connectivity index (χ3n) is 4.22. The third-order valence-corrected chi connectivity index (χ3v) is 4.22. The summed E-state index contributed by atoms with van der Waals surface area (Å²) in [7, 11) is 0. The van der Waals surface area contributed by atoms with Crippen molar-refractivity contribution in [2.45, 2.75) is 44.9 Å². The van der Waals surface area contributed by atoms with E-state index in [9.17, 15) is 14.4 Å². The van der Waals surface area contributed by atoms with Crippen molar-refractivity contribution in [2.24, 2.45) is 5.92 Å². The average molecular weight is 334 g/mol. The lowest BCUT2D eigenvalue weighted by Crippen LogP contribution is -2.50. The van der Waals surface area contributed by atoms with Crippen molar-refractivity contribution in [3.05, 3.63) is 35.9 Å². The Bertz CT molecular complexity index is 590. The van der Waals surface area contributed by atoms with Crippen LogP contribution in [0, 0.1) is 5.92 Å². The molecule has 0 radical (unpaired) electrons. The van der Waals surface area contributed by atoms with Gasteiger partial charge in [-0.3, -0.25) is 4.79 Å². The van der Waals surface area contributed by atoms with E-state index in [0.717, 1.165) is 5.56 Å². The highest BCUT2D eigenvalue weighted by Gasteiger charge is 2.35. The van der Waals surface area contributed by atoms with E-state index in [1.807, 2.05) is 30.3 Å². The van der Waals surface area contributed by atoms with Crippen LogP contribution in [0.4, 0.5) is 9.59 Å². The van der Waals surface area contributed by atoms with Gasteiger partial charge in [-0.25, -0.2) is 9.59 Å². The lowest BCUT2D eigenvalue weighted by atomic mass is 9.79. The number of carbonyl (C=O) groups is 3. The van der Waals surface area contributed by atoms with Gasteiger partial charge in [0.25, 0.3) is 0 Å². The predicted molar refractivity (Wildman–Crippen MR) is 86.5 cm³/mol. The minimum absolute atomic E-state index is 0.0692. The molecule has 1 aliphatic rings. The fourth-order valence-electron chi connectivity index (χ4n) is 3.01. The van der Waals surface area contributed by atoms with Crippen LogP contribution < -0.4 is 10.6 Å². The van der Waals surface area contributed by atoms with Crippen molar-refractivity contribution >= 4 is 18.0 Å². The minimum Gasteiger partial charge on any atom is -0.465 e. The molecule has 3 atom stereocenters. The second-order valence-electron chi connectivity index (χ2n) is 5.99. The molecular weight excluding hydrogens is 312 g/mol. The summed E-state index contributed by atoms with van der Waals surface area (Å²) in [5.74, 6) is -0.486. The first kappa shape index (κ1) is 17.8. The first-order valence-electron chi connectivity index (χ1n) is 7.93. The Morgan fingerprint density at radius 2 is 1.88 bits per heavy atom. The molecule has 2 rings (SSSR count). The number of ketones is 1. The molecule has 1 saturated carbocycles. The smallest absolute Gasteiger partial charge is 0.407 e. The van der Waals surface area contributed by atoms with E-state index in [4.69, 9.17) is 9.84 Å². The van der Waals surface area contributed by atoms with Crippen LogP contribution >= 0.6 is 0 Å². The topological polar surface area (TPSA) is 105 Å². The van der Waals surface area contributed by atoms with Crippen LogP contribution in [0.15, 0.2) is 30.3 Å². The Balaban J connectivity index is 1.86. The van der Waals surface area contributed by atoms with E-state index >= 15 is 0 Å². The molecule has 1 fully saturated rings. The van der Waals surface area contributed by atoms with Crippen molar-refractivity contribution < 1.29 is 24.2 Å². The summed E-state index contributed by atoms with van der Waals surface area (Å²) in [4.78, 5) is 34.5. The van der Waals surface area contributed by atoms with Gasteiger partial charge in [-0.05, 0) is 31.7 Å². The third kappa shape index (κ3) is 5.26. The Morgan fingerprint density at radius 3 is 2.50 bits per heavy atom. The largest absolute Gasteiger partial charge is 0.465 e. The summed E-state index contributed by atoms with van der Waals surface area (Å²) >= 11 is 0. The molecule has 1 aromatic carbocycles. The zero-order valence-corrected chi connectivity index (χ0v) is 13.5. The van der Waals surface area contributed by atoms with Gasteiger partial charge in [0, 0.05) is 18.0 Å². The highest BCUT2D eigenvalue weighted by atomic mass is 16.5. The van der Waals surface area contributed by atoms with Crippen LogP contribution in [0.5, 0.6) is 0 Å². The van der Waals surface area contributed by atoms with E-state index < -0.39 is 18.1 Å². The van der Waals surface area contributed by atoms with E-state index in [2.05, 4.69) is 10.6 Å². The highest BCUT2D eigenvalue weighted by Crippen LogP contribution is 2.26. The molecule has 1 aromatic rings. The molecule has 0 spiro atoms. The number of benzene rings is 1. The summed E-state index contributed by atoms with van der Waals surface area (Å²) < 4.78 is 5.18. The fraction of sp³-hybridized carbons (Fsp3) is 0.471. The first-order valence-corrected chi connectivity index (χ1v) is 7.93. The number of carbonyl (C=O) groups excluding carboxylic acids is 2. The zero-order chi connectivity index (χ0) is 17.5. The first-order chi connectivity index (χ1) is 11.5. The fourth-order valence-corrected chi connectivity index (χ4v) is 3.01. The van der Waals surface area contributed by atoms with E-state index in [0.29, 0.717) is 19.3 Å². The minimum atomic E-state index is -1.10. The maximum absolute atomic E-state index is 12.0. The Kier molecular flexibility index (Phi) is 6.17. The summed E-state index contributed by atoms with van der Waals surface area (Å²) in [6.45, 7) is 1.62. The number of rotatable bonds is 5. The second-order valence-corrected chi connectivity index (χ2v) is 5.99. The monoisotopic (exact) mass is 334 g/mol. The van der Waals surface area contributed by atoms with Crippen molar-refractivity contribution in [3.8, 4) is 0 Å². The lowest BCUT2D eigenvalue weighted by molar-refractivity contribution is -0.122. The van der Waals surface area contributed by atoms with Crippen LogP contribution in [-0.2, 0) is 16.1 Å². The normalized spacial score (nSPS) is 23.1. The molecule has 130 valence electrons. The van der Waals surface area contributed by atoms with Gasteiger partial charge in [-0.15, -0.1) is 0 Å². The van der Waals surface area contributed by atoms with E-state index in [-0.39, 0.29) is 24.5 Å².